The van der Waals surface area contributed by atoms with Crippen LogP contribution in [0.3, 0.4) is 0 Å². The Morgan fingerprint density at radius 1 is 1.10 bits per heavy atom. The van der Waals surface area contributed by atoms with Crippen molar-refractivity contribution in [3.63, 3.8) is 0 Å². The quantitative estimate of drug-likeness (QED) is 0.434. The maximum atomic E-state index is 5.00. The van der Waals surface area contributed by atoms with Crippen molar-refractivity contribution in [3.05, 3.63) is 35.4 Å². The smallest absolute Gasteiger partial charge is 0.191 e. The van der Waals surface area contributed by atoms with Gasteiger partial charge in [0.15, 0.2) is 5.96 Å². The zero-order valence-corrected chi connectivity index (χ0v) is 12.9. The van der Waals surface area contributed by atoms with Crippen LogP contribution in [-0.4, -0.2) is 39.3 Å². The van der Waals surface area contributed by atoms with Gasteiger partial charge in [0.1, 0.15) is 0 Å². The Kier molecular flexibility index (Phi) is 8.47. The van der Waals surface area contributed by atoms with Crippen molar-refractivity contribution in [1.82, 2.24) is 10.6 Å². The average molecular weight is 277 g/mol. The molecular weight excluding hydrogens is 250 g/mol. The molecule has 0 aliphatic heterocycles. The predicted octanol–water partition coefficient (Wildman–Crippen LogP) is 1.99. The SMILES string of the molecule is CCNC(=NCCOC)NCCc1ccc(CC)cc1. The number of guanidine groups is 1. The van der Waals surface area contributed by atoms with Gasteiger partial charge in [-0.25, -0.2) is 0 Å². The second-order valence-corrected chi connectivity index (χ2v) is 4.60. The van der Waals surface area contributed by atoms with Crippen molar-refractivity contribution in [2.24, 2.45) is 4.99 Å². The molecule has 0 aliphatic carbocycles. The van der Waals surface area contributed by atoms with Gasteiger partial charge in [-0.15, -0.1) is 0 Å². The molecule has 0 saturated heterocycles. The van der Waals surface area contributed by atoms with E-state index in [9.17, 15) is 0 Å². The Morgan fingerprint density at radius 3 is 2.40 bits per heavy atom. The number of hydrogen-bond acceptors (Lipinski definition) is 2. The summed E-state index contributed by atoms with van der Waals surface area (Å²) in [6, 6.07) is 8.81. The molecule has 0 amide bonds. The molecule has 0 aliphatic rings. The molecule has 4 heteroatoms. The average Bonchev–Trinajstić information content (AvgIpc) is 2.48. The van der Waals surface area contributed by atoms with Crippen LogP contribution in [0.1, 0.15) is 25.0 Å². The molecule has 4 nitrogen and oxygen atoms in total. The first-order valence-electron chi connectivity index (χ1n) is 7.39. The van der Waals surface area contributed by atoms with Crippen LogP contribution in [0, 0.1) is 0 Å². The monoisotopic (exact) mass is 277 g/mol. The summed E-state index contributed by atoms with van der Waals surface area (Å²) in [7, 11) is 1.69. The number of hydrogen-bond donors (Lipinski definition) is 2. The van der Waals surface area contributed by atoms with Crippen LogP contribution >= 0.6 is 0 Å². The molecule has 0 atom stereocenters. The van der Waals surface area contributed by atoms with Crippen molar-refractivity contribution in [2.45, 2.75) is 26.7 Å². The van der Waals surface area contributed by atoms with Crippen molar-refractivity contribution in [3.8, 4) is 0 Å². The first kappa shape index (κ1) is 16.5. The minimum atomic E-state index is 0.648. The lowest BCUT2D eigenvalue weighted by Gasteiger charge is -2.11. The molecule has 0 radical (unpaired) electrons. The van der Waals surface area contributed by atoms with Gasteiger partial charge in [-0.1, -0.05) is 31.2 Å². The van der Waals surface area contributed by atoms with Crippen LogP contribution in [0.25, 0.3) is 0 Å². The largest absolute Gasteiger partial charge is 0.383 e. The molecule has 0 bridgehead atoms. The zero-order valence-electron chi connectivity index (χ0n) is 12.9. The summed E-state index contributed by atoms with van der Waals surface area (Å²) in [5, 5.41) is 6.57. The topological polar surface area (TPSA) is 45.7 Å². The van der Waals surface area contributed by atoms with Crippen LogP contribution in [0.2, 0.25) is 0 Å². The van der Waals surface area contributed by atoms with Gasteiger partial charge in [-0.05, 0) is 30.9 Å². The highest BCUT2D eigenvalue weighted by molar-refractivity contribution is 5.79. The molecule has 0 aromatic heterocycles. The third-order valence-electron chi connectivity index (χ3n) is 3.05. The Morgan fingerprint density at radius 2 is 1.80 bits per heavy atom. The van der Waals surface area contributed by atoms with Crippen molar-refractivity contribution >= 4 is 5.96 Å². The molecule has 0 unspecified atom stereocenters. The molecule has 112 valence electrons. The summed E-state index contributed by atoms with van der Waals surface area (Å²) in [5.74, 6) is 0.856. The van der Waals surface area contributed by atoms with E-state index < -0.39 is 0 Å². The van der Waals surface area contributed by atoms with Gasteiger partial charge in [0.25, 0.3) is 0 Å². The molecule has 0 heterocycles. The third kappa shape index (κ3) is 6.57. The van der Waals surface area contributed by atoms with Crippen molar-refractivity contribution < 1.29 is 4.74 Å². The van der Waals surface area contributed by atoms with Gasteiger partial charge in [0, 0.05) is 20.2 Å². The number of methoxy groups -OCH3 is 1. The van der Waals surface area contributed by atoms with Crippen molar-refractivity contribution in [1.29, 1.82) is 0 Å². The molecule has 0 fully saturated rings. The number of nitrogens with one attached hydrogen (secondary N) is 2. The number of aliphatic imine (C=N–C) groups is 1. The summed E-state index contributed by atoms with van der Waals surface area (Å²) >= 11 is 0. The third-order valence-corrected chi connectivity index (χ3v) is 3.05. The lowest BCUT2D eigenvalue weighted by Crippen LogP contribution is -2.38. The zero-order chi connectivity index (χ0) is 14.6. The Hall–Kier alpha value is -1.55. The lowest BCUT2D eigenvalue weighted by molar-refractivity contribution is 0.208. The fourth-order valence-electron chi connectivity index (χ4n) is 1.86. The minimum absolute atomic E-state index is 0.648. The second kappa shape index (κ2) is 10.3. The summed E-state index contributed by atoms with van der Waals surface area (Å²) in [6.45, 7) is 7.31. The fourth-order valence-corrected chi connectivity index (χ4v) is 1.86. The number of ether oxygens (including phenoxy) is 1. The number of rotatable bonds is 8. The normalized spacial score (nSPS) is 11.4. The summed E-state index contributed by atoms with van der Waals surface area (Å²) in [6.07, 6.45) is 2.09. The van der Waals surface area contributed by atoms with Gasteiger partial charge in [0.2, 0.25) is 0 Å². The van der Waals surface area contributed by atoms with Crippen molar-refractivity contribution in [2.75, 3.05) is 33.4 Å². The van der Waals surface area contributed by atoms with E-state index in [0.29, 0.717) is 13.2 Å². The minimum Gasteiger partial charge on any atom is -0.383 e. The van der Waals surface area contributed by atoms with E-state index >= 15 is 0 Å². The summed E-state index contributed by atoms with van der Waals surface area (Å²) in [4.78, 5) is 4.43. The second-order valence-electron chi connectivity index (χ2n) is 4.60. The maximum Gasteiger partial charge on any atom is 0.191 e. The predicted molar refractivity (Wildman–Crippen MR) is 85.4 cm³/mol. The standard InChI is InChI=1S/C16H27N3O/c1-4-14-6-8-15(9-7-14)10-11-18-16(17-5-2)19-12-13-20-3/h6-9H,4-5,10-13H2,1-3H3,(H2,17,18,19). The van der Waals surface area contributed by atoms with Crippen LogP contribution in [0.5, 0.6) is 0 Å². The van der Waals surface area contributed by atoms with E-state index in [2.05, 4.69) is 53.7 Å². The van der Waals surface area contributed by atoms with E-state index in [1.165, 1.54) is 11.1 Å². The number of aryl methyl sites for hydroxylation is 1. The van der Waals surface area contributed by atoms with E-state index in [4.69, 9.17) is 4.74 Å². The number of nitrogens with zero attached hydrogens (tertiary/aromatic N) is 1. The van der Waals surface area contributed by atoms with E-state index in [-0.39, 0.29) is 0 Å². The van der Waals surface area contributed by atoms with E-state index in [1.807, 2.05) is 0 Å². The Labute approximate surface area is 122 Å². The molecule has 1 aromatic rings. The molecule has 20 heavy (non-hydrogen) atoms. The van der Waals surface area contributed by atoms with Gasteiger partial charge < -0.3 is 15.4 Å². The van der Waals surface area contributed by atoms with Crippen LogP contribution in [0.15, 0.2) is 29.3 Å². The first-order chi connectivity index (χ1) is 9.80. The van der Waals surface area contributed by atoms with Gasteiger partial charge in [-0.2, -0.15) is 0 Å². The van der Waals surface area contributed by atoms with Gasteiger partial charge in [0.05, 0.1) is 13.2 Å². The molecule has 1 aromatic carbocycles. The Bertz CT molecular complexity index is 387. The lowest BCUT2D eigenvalue weighted by atomic mass is 10.1. The number of benzene rings is 1. The molecule has 1 rings (SSSR count). The molecule has 2 N–H and O–H groups in total. The highest BCUT2D eigenvalue weighted by Crippen LogP contribution is 2.05. The Balaban J connectivity index is 2.36. The van der Waals surface area contributed by atoms with E-state index in [1.54, 1.807) is 7.11 Å². The van der Waals surface area contributed by atoms with E-state index in [0.717, 1.165) is 31.9 Å². The van der Waals surface area contributed by atoms with Crippen LogP contribution in [-0.2, 0) is 17.6 Å². The van der Waals surface area contributed by atoms with Gasteiger partial charge >= 0.3 is 0 Å². The van der Waals surface area contributed by atoms with Gasteiger partial charge in [-0.3, -0.25) is 4.99 Å². The molecular formula is C16H27N3O. The summed E-state index contributed by atoms with van der Waals surface area (Å²) < 4.78 is 5.00. The maximum absolute atomic E-state index is 5.00. The molecule has 0 spiro atoms. The highest BCUT2D eigenvalue weighted by Gasteiger charge is 1.98. The fraction of sp³-hybridized carbons (Fsp3) is 0.562. The highest BCUT2D eigenvalue weighted by atomic mass is 16.5. The van der Waals surface area contributed by atoms with Crippen LogP contribution < -0.4 is 10.6 Å². The van der Waals surface area contributed by atoms with Crippen LogP contribution in [0.4, 0.5) is 0 Å². The summed E-state index contributed by atoms with van der Waals surface area (Å²) in [5.41, 5.74) is 2.73. The molecule has 0 saturated carbocycles. The first-order valence-corrected chi connectivity index (χ1v) is 7.39.